The van der Waals surface area contributed by atoms with Crippen LogP contribution in [0.5, 0.6) is 0 Å². The number of carboxylic acids is 1. The van der Waals surface area contributed by atoms with E-state index in [0.29, 0.717) is 11.4 Å². The average Bonchev–Trinajstić information content (AvgIpc) is 2.59. The third-order valence-corrected chi connectivity index (χ3v) is 4.49. The molecule has 1 heterocycles. The zero-order chi connectivity index (χ0) is 17.6. The molecule has 0 spiro atoms. The molecule has 0 bridgehead atoms. The monoisotopic (exact) mass is 346 g/mol. The molecule has 0 aliphatic carbocycles. The van der Waals surface area contributed by atoms with Gasteiger partial charge in [-0.05, 0) is 30.9 Å². The number of rotatable bonds is 8. The number of hydrogen-bond donors (Lipinski definition) is 1. The van der Waals surface area contributed by atoms with Gasteiger partial charge in [-0.2, -0.15) is 0 Å². The predicted molar refractivity (Wildman–Crippen MR) is 96.2 cm³/mol. The van der Waals surface area contributed by atoms with Crippen molar-refractivity contribution in [3.8, 4) is 11.4 Å². The Morgan fingerprint density at radius 3 is 2.29 bits per heavy atom. The minimum Gasteiger partial charge on any atom is -0.480 e. The number of unbranched alkanes of at least 4 members (excludes halogenated alkanes) is 3. The van der Waals surface area contributed by atoms with E-state index >= 15 is 0 Å². The predicted octanol–water partition coefficient (Wildman–Crippen LogP) is 4.81. The fraction of sp³-hybridized carbons (Fsp3) is 0.421. The molecular weight excluding hydrogens is 324 g/mol. The van der Waals surface area contributed by atoms with Gasteiger partial charge in [-0.25, -0.2) is 14.8 Å². The Bertz CT molecular complexity index is 667. The van der Waals surface area contributed by atoms with Crippen LogP contribution in [0.25, 0.3) is 11.4 Å². The van der Waals surface area contributed by atoms with E-state index in [1.807, 2.05) is 12.4 Å². The molecule has 0 unspecified atom stereocenters. The molecule has 1 N–H and O–H groups in total. The fourth-order valence-corrected chi connectivity index (χ4v) is 2.57. The first-order valence-electron chi connectivity index (χ1n) is 8.29. The average molecular weight is 347 g/mol. The molecule has 1 aromatic carbocycles. The number of alkyl halides is 1. The number of aromatic nitrogens is 2. The van der Waals surface area contributed by atoms with Crippen molar-refractivity contribution in [2.24, 2.45) is 0 Å². The molecule has 2 aromatic rings. The number of carbonyl (C=O) groups is 1. The van der Waals surface area contributed by atoms with Crippen LogP contribution in [-0.4, -0.2) is 21.0 Å². The smallest absolute Gasteiger partial charge is 0.329 e. The Morgan fingerprint density at radius 1 is 1.12 bits per heavy atom. The summed E-state index contributed by atoms with van der Waals surface area (Å²) in [7, 11) is 0. The molecule has 4 nitrogen and oxygen atoms in total. The quantitative estimate of drug-likeness (QED) is 0.550. The number of aliphatic carboxylic acids is 1. The Hall–Kier alpha value is -1.94. The molecular formula is C19H23ClN2O2. The molecule has 0 aliphatic rings. The van der Waals surface area contributed by atoms with Crippen molar-refractivity contribution in [3.63, 3.8) is 0 Å². The van der Waals surface area contributed by atoms with Crippen LogP contribution in [0.2, 0.25) is 0 Å². The van der Waals surface area contributed by atoms with Crippen LogP contribution in [-0.2, 0) is 16.1 Å². The SMILES string of the molecule is CCCCCCc1cnc(-c2ccc([C@@](C)(Cl)C(=O)O)cc2)nc1. The van der Waals surface area contributed by atoms with Crippen molar-refractivity contribution in [2.45, 2.75) is 50.8 Å². The Morgan fingerprint density at radius 2 is 1.75 bits per heavy atom. The number of hydrogen-bond acceptors (Lipinski definition) is 3. The summed E-state index contributed by atoms with van der Waals surface area (Å²) in [5.41, 5.74) is 2.52. The summed E-state index contributed by atoms with van der Waals surface area (Å²) in [5.74, 6) is -0.439. The standard InChI is InChI=1S/C19H23ClN2O2/c1-3-4-5-6-7-14-12-21-17(22-13-14)15-8-10-16(11-9-15)19(2,20)18(23)24/h8-13H,3-7H2,1-2H3,(H,23,24)/t19-/m1/s1. The molecule has 128 valence electrons. The maximum atomic E-state index is 11.2. The van der Waals surface area contributed by atoms with Gasteiger partial charge in [-0.1, -0.05) is 50.5 Å². The van der Waals surface area contributed by atoms with Gasteiger partial charge in [-0.3, -0.25) is 0 Å². The topological polar surface area (TPSA) is 63.1 Å². The molecule has 0 amide bonds. The van der Waals surface area contributed by atoms with Gasteiger partial charge in [0.15, 0.2) is 10.7 Å². The van der Waals surface area contributed by atoms with Crippen LogP contribution in [0.1, 0.15) is 50.7 Å². The van der Waals surface area contributed by atoms with Gasteiger partial charge in [0.05, 0.1) is 0 Å². The molecule has 0 saturated heterocycles. The first-order valence-corrected chi connectivity index (χ1v) is 8.67. The highest BCUT2D eigenvalue weighted by atomic mass is 35.5. The first kappa shape index (κ1) is 18.4. The number of nitrogens with zero attached hydrogens (tertiary/aromatic N) is 2. The van der Waals surface area contributed by atoms with E-state index in [-0.39, 0.29) is 0 Å². The molecule has 0 radical (unpaired) electrons. The second-order valence-corrected chi connectivity index (χ2v) is 6.87. The van der Waals surface area contributed by atoms with Crippen molar-refractivity contribution < 1.29 is 9.90 Å². The lowest BCUT2D eigenvalue weighted by molar-refractivity contribution is -0.139. The van der Waals surface area contributed by atoms with Crippen LogP contribution in [0.3, 0.4) is 0 Å². The maximum absolute atomic E-state index is 11.2. The van der Waals surface area contributed by atoms with Crippen LogP contribution >= 0.6 is 11.6 Å². The number of halogens is 1. The molecule has 5 heteroatoms. The summed E-state index contributed by atoms with van der Waals surface area (Å²) in [6.07, 6.45) is 9.63. The van der Waals surface area contributed by atoms with Crippen molar-refractivity contribution in [3.05, 3.63) is 47.8 Å². The third-order valence-electron chi connectivity index (χ3n) is 4.11. The fourth-order valence-electron chi connectivity index (χ4n) is 2.44. The van der Waals surface area contributed by atoms with Crippen molar-refractivity contribution in [2.75, 3.05) is 0 Å². The van der Waals surface area contributed by atoms with E-state index in [1.54, 1.807) is 24.3 Å². The molecule has 0 saturated carbocycles. The lowest BCUT2D eigenvalue weighted by atomic mass is 9.99. The molecule has 0 aliphatic heterocycles. The minimum atomic E-state index is -1.43. The van der Waals surface area contributed by atoms with Gasteiger partial charge >= 0.3 is 5.97 Å². The first-order chi connectivity index (χ1) is 11.4. The van der Waals surface area contributed by atoms with Crippen LogP contribution < -0.4 is 0 Å². The summed E-state index contributed by atoms with van der Waals surface area (Å²) >= 11 is 6.06. The third kappa shape index (κ3) is 4.54. The van der Waals surface area contributed by atoms with E-state index in [0.717, 1.165) is 24.0 Å². The Balaban J connectivity index is 2.05. The summed E-state index contributed by atoms with van der Waals surface area (Å²) < 4.78 is 0. The highest BCUT2D eigenvalue weighted by molar-refractivity contribution is 6.33. The number of aryl methyl sites for hydroxylation is 1. The van der Waals surface area contributed by atoms with Crippen LogP contribution in [0.15, 0.2) is 36.7 Å². The lowest BCUT2D eigenvalue weighted by Crippen LogP contribution is -2.25. The Labute approximate surface area is 147 Å². The van der Waals surface area contributed by atoms with E-state index < -0.39 is 10.8 Å². The normalized spacial score (nSPS) is 13.5. The van der Waals surface area contributed by atoms with E-state index in [9.17, 15) is 4.79 Å². The van der Waals surface area contributed by atoms with Crippen molar-refractivity contribution >= 4 is 17.6 Å². The van der Waals surface area contributed by atoms with Crippen LogP contribution in [0.4, 0.5) is 0 Å². The second kappa shape index (κ2) is 8.25. The molecule has 2 rings (SSSR count). The molecule has 0 fully saturated rings. The summed E-state index contributed by atoms with van der Waals surface area (Å²) in [6, 6.07) is 7.02. The minimum absolute atomic E-state index is 0.535. The van der Waals surface area contributed by atoms with Gasteiger partial charge in [0.1, 0.15) is 0 Å². The zero-order valence-corrected chi connectivity index (χ0v) is 14.9. The largest absolute Gasteiger partial charge is 0.480 e. The molecule has 1 aromatic heterocycles. The van der Waals surface area contributed by atoms with E-state index in [2.05, 4.69) is 16.9 Å². The maximum Gasteiger partial charge on any atom is 0.329 e. The van der Waals surface area contributed by atoms with Gasteiger partial charge in [0.2, 0.25) is 0 Å². The zero-order valence-electron chi connectivity index (χ0n) is 14.1. The van der Waals surface area contributed by atoms with Crippen molar-refractivity contribution in [1.29, 1.82) is 0 Å². The van der Waals surface area contributed by atoms with Gasteiger partial charge in [0, 0.05) is 18.0 Å². The second-order valence-electron chi connectivity index (χ2n) is 6.11. The molecule has 24 heavy (non-hydrogen) atoms. The van der Waals surface area contributed by atoms with Gasteiger partial charge < -0.3 is 5.11 Å². The number of carboxylic acid groups (broad SMARTS) is 1. The summed E-state index contributed by atoms with van der Waals surface area (Å²) in [6.45, 7) is 3.67. The Kier molecular flexibility index (Phi) is 6.32. The summed E-state index contributed by atoms with van der Waals surface area (Å²) in [5, 5.41) is 9.16. The van der Waals surface area contributed by atoms with Crippen molar-refractivity contribution in [1.82, 2.24) is 9.97 Å². The highest BCUT2D eigenvalue weighted by Gasteiger charge is 2.32. The van der Waals surface area contributed by atoms with Crippen LogP contribution in [0, 0.1) is 0 Å². The van der Waals surface area contributed by atoms with Gasteiger partial charge in [-0.15, -0.1) is 11.6 Å². The summed E-state index contributed by atoms with van der Waals surface area (Å²) in [4.78, 5) is 18.6. The van der Waals surface area contributed by atoms with Gasteiger partial charge in [0.25, 0.3) is 0 Å². The lowest BCUT2D eigenvalue weighted by Gasteiger charge is -2.17. The molecule has 1 atom stereocenters. The van der Waals surface area contributed by atoms with E-state index in [4.69, 9.17) is 16.7 Å². The number of benzene rings is 1. The van der Waals surface area contributed by atoms with E-state index in [1.165, 1.54) is 26.2 Å². The highest BCUT2D eigenvalue weighted by Crippen LogP contribution is 2.30.